The summed E-state index contributed by atoms with van der Waals surface area (Å²) < 4.78 is 2.19. The Morgan fingerprint density at radius 2 is 2.06 bits per heavy atom. The fraction of sp³-hybridized carbons (Fsp3) is 0.423. The average molecular weight is 436 g/mol. The lowest BCUT2D eigenvalue weighted by Crippen LogP contribution is -2.32. The summed E-state index contributed by atoms with van der Waals surface area (Å²) in [5, 5.41) is 19.8. The second-order valence-electron chi connectivity index (χ2n) is 8.94. The van der Waals surface area contributed by atoms with E-state index >= 15 is 0 Å². The largest absolute Gasteiger partial charge is 0.395 e. The van der Waals surface area contributed by atoms with E-state index in [1.165, 1.54) is 27.6 Å². The first-order chi connectivity index (χ1) is 15.5. The third kappa shape index (κ3) is 4.58. The van der Waals surface area contributed by atoms with Gasteiger partial charge >= 0.3 is 0 Å². The van der Waals surface area contributed by atoms with Gasteiger partial charge in [0.05, 0.1) is 6.61 Å². The predicted octanol–water partition coefficient (Wildman–Crippen LogP) is 3.70. The molecule has 0 saturated heterocycles. The Kier molecular flexibility index (Phi) is 6.94. The molecule has 4 rings (SSSR count). The minimum absolute atomic E-state index is 0.0476. The van der Waals surface area contributed by atoms with Crippen LogP contribution >= 0.6 is 0 Å². The normalized spacial score (nSPS) is 16.5. The van der Waals surface area contributed by atoms with Gasteiger partial charge in [-0.1, -0.05) is 43.3 Å². The van der Waals surface area contributed by atoms with Crippen molar-refractivity contribution in [2.75, 3.05) is 19.7 Å². The van der Waals surface area contributed by atoms with Crippen molar-refractivity contribution in [3.8, 4) is 0 Å². The predicted molar refractivity (Wildman–Crippen MR) is 126 cm³/mol. The number of amides is 1. The summed E-state index contributed by atoms with van der Waals surface area (Å²) in [5.41, 5.74) is 8.10. The maximum atomic E-state index is 11.5. The quantitative estimate of drug-likeness (QED) is 0.354. The molecule has 6 nitrogen and oxygen atoms in total. The lowest BCUT2D eigenvalue weighted by Gasteiger charge is -2.29. The van der Waals surface area contributed by atoms with Crippen LogP contribution in [-0.4, -0.2) is 45.4 Å². The second kappa shape index (κ2) is 9.86. The SMILES string of the molecule is CC(CC(=O)NO)c1ccc2c(c1)CCC2N(CCO)CCc1cn(C)c2ccccc12. The number of aryl methyl sites for hydroxylation is 2. The molecule has 3 N–H and O–H groups in total. The third-order valence-electron chi connectivity index (χ3n) is 6.87. The van der Waals surface area contributed by atoms with Crippen LogP contribution in [0.25, 0.3) is 10.9 Å². The van der Waals surface area contributed by atoms with Crippen molar-refractivity contribution in [2.24, 2.45) is 7.05 Å². The van der Waals surface area contributed by atoms with Crippen LogP contribution in [0.3, 0.4) is 0 Å². The van der Waals surface area contributed by atoms with Crippen molar-refractivity contribution in [3.63, 3.8) is 0 Å². The van der Waals surface area contributed by atoms with Crippen LogP contribution in [0.5, 0.6) is 0 Å². The highest BCUT2D eigenvalue weighted by Crippen LogP contribution is 2.37. The monoisotopic (exact) mass is 435 g/mol. The lowest BCUT2D eigenvalue weighted by molar-refractivity contribution is -0.129. The number of aromatic nitrogens is 1. The fourth-order valence-corrected chi connectivity index (χ4v) is 5.18. The number of fused-ring (bicyclic) bond motifs is 2. The Bertz CT molecular complexity index is 1090. The number of carbonyl (C=O) groups excluding carboxylic acids is 1. The molecule has 2 unspecified atom stereocenters. The Morgan fingerprint density at radius 1 is 1.25 bits per heavy atom. The van der Waals surface area contributed by atoms with Gasteiger partial charge in [0.2, 0.25) is 5.91 Å². The van der Waals surface area contributed by atoms with E-state index in [1.807, 2.05) is 6.92 Å². The molecule has 0 saturated carbocycles. The zero-order valence-electron chi connectivity index (χ0n) is 18.9. The van der Waals surface area contributed by atoms with E-state index < -0.39 is 0 Å². The molecule has 0 fully saturated rings. The maximum absolute atomic E-state index is 11.5. The smallest absolute Gasteiger partial charge is 0.243 e. The van der Waals surface area contributed by atoms with Crippen molar-refractivity contribution in [2.45, 2.75) is 44.6 Å². The number of nitrogens with zero attached hydrogens (tertiary/aromatic N) is 2. The fourth-order valence-electron chi connectivity index (χ4n) is 5.18. The summed E-state index contributed by atoms with van der Waals surface area (Å²) in [6.07, 6.45) is 5.47. The number of nitrogens with one attached hydrogen (secondary N) is 1. The summed E-state index contributed by atoms with van der Waals surface area (Å²) in [6, 6.07) is 15.3. The molecule has 6 heteroatoms. The topological polar surface area (TPSA) is 77.7 Å². The van der Waals surface area contributed by atoms with Crippen molar-refractivity contribution in [3.05, 3.63) is 70.9 Å². The van der Waals surface area contributed by atoms with Gasteiger partial charge in [-0.2, -0.15) is 0 Å². The van der Waals surface area contributed by atoms with E-state index in [9.17, 15) is 9.90 Å². The van der Waals surface area contributed by atoms with Gasteiger partial charge in [0.15, 0.2) is 0 Å². The zero-order chi connectivity index (χ0) is 22.7. The molecule has 1 aliphatic carbocycles. The Balaban J connectivity index is 1.50. The number of aliphatic hydroxyl groups excluding tert-OH is 1. The number of hydrogen-bond acceptors (Lipinski definition) is 4. The summed E-state index contributed by atoms with van der Waals surface area (Å²) in [4.78, 5) is 13.9. The van der Waals surface area contributed by atoms with Gasteiger partial charge < -0.3 is 9.67 Å². The molecular weight excluding hydrogens is 402 g/mol. The summed E-state index contributed by atoms with van der Waals surface area (Å²) in [5.74, 6) is -0.315. The van der Waals surface area contributed by atoms with E-state index in [-0.39, 0.29) is 24.9 Å². The summed E-state index contributed by atoms with van der Waals surface area (Å²) in [6.45, 7) is 3.70. The highest BCUT2D eigenvalue weighted by molar-refractivity contribution is 5.83. The lowest BCUT2D eigenvalue weighted by atomic mass is 9.94. The van der Waals surface area contributed by atoms with E-state index in [1.54, 1.807) is 5.48 Å². The van der Waals surface area contributed by atoms with Crippen LogP contribution in [-0.2, 0) is 24.7 Å². The Labute approximate surface area is 189 Å². The number of rotatable bonds is 9. The first-order valence-corrected chi connectivity index (χ1v) is 11.4. The molecule has 1 aliphatic rings. The van der Waals surface area contributed by atoms with Gasteiger partial charge in [-0.3, -0.25) is 14.9 Å². The van der Waals surface area contributed by atoms with E-state index in [4.69, 9.17) is 5.21 Å². The van der Waals surface area contributed by atoms with Crippen LogP contribution in [0.4, 0.5) is 0 Å². The number of benzene rings is 2. The van der Waals surface area contributed by atoms with Crippen LogP contribution < -0.4 is 5.48 Å². The van der Waals surface area contributed by atoms with E-state index in [0.29, 0.717) is 12.6 Å². The first kappa shape index (κ1) is 22.5. The first-order valence-electron chi connectivity index (χ1n) is 11.4. The number of carbonyl (C=O) groups is 1. The molecule has 2 aromatic carbocycles. The average Bonchev–Trinajstić information content (AvgIpc) is 3.37. The number of hydrogen-bond donors (Lipinski definition) is 3. The van der Waals surface area contributed by atoms with Gasteiger partial charge in [0.25, 0.3) is 0 Å². The van der Waals surface area contributed by atoms with Gasteiger partial charge in [-0.05, 0) is 53.5 Å². The van der Waals surface area contributed by atoms with Crippen LogP contribution in [0.2, 0.25) is 0 Å². The summed E-state index contributed by atoms with van der Waals surface area (Å²) >= 11 is 0. The van der Waals surface area contributed by atoms with Crippen LogP contribution in [0.15, 0.2) is 48.7 Å². The summed E-state index contributed by atoms with van der Waals surface area (Å²) in [7, 11) is 2.09. The Hall–Kier alpha value is -2.67. The molecule has 0 bridgehead atoms. The molecular formula is C26H33N3O3. The zero-order valence-corrected chi connectivity index (χ0v) is 18.9. The molecule has 0 aliphatic heterocycles. The molecule has 1 aromatic heterocycles. The van der Waals surface area contributed by atoms with Crippen LogP contribution in [0.1, 0.15) is 54.0 Å². The molecule has 1 amide bonds. The van der Waals surface area contributed by atoms with Gasteiger partial charge in [-0.15, -0.1) is 0 Å². The van der Waals surface area contributed by atoms with Gasteiger partial charge in [0.1, 0.15) is 0 Å². The van der Waals surface area contributed by atoms with E-state index in [0.717, 1.165) is 31.4 Å². The third-order valence-corrected chi connectivity index (χ3v) is 6.87. The minimum Gasteiger partial charge on any atom is -0.395 e. The Morgan fingerprint density at radius 3 is 2.84 bits per heavy atom. The highest BCUT2D eigenvalue weighted by Gasteiger charge is 2.28. The van der Waals surface area contributed by atoms with Crippen LogP contribution in [0, 0.1) is 0 Å². The molecule has 0 radical (unpaired) electrons. The van der Waals surface area contributed by atoms with Crippen molar-refractivity contribution >= 4 is 16.8 Å². The molecule has 1 heterocycles. The molecule has 0 spiro atoms. The van der Waals surface area contributed by atoms with Gasteiger partial charge in [-0.25, -0.2) is 5.48 Å². The standard InChI is InChI=1S/C26H33N3O3/c1-18(15-26(31)27-32)19-7-9-23-20(16-19)8-10-25(23)29(13-14-30)12-11-21-17-28(2)24-6-4-3-5-22(21)24/h3-7,9,16-18,25,30,32H,8,10-15H2,1-2H3,(H,27,31). The minimum atomic E-state index is -0.363. The molecule has 2 atom stereocenters. The molecule has 170 valence electrons. The highest BCUT2D eigenvalue weighted by atomic mass is 16.5. The maximum Gasteiger partial charge on any atom is 0.243 e. The number of para-hydroxylation sites is 1. The molecule has 32 heavy (non-hydrogen) atoms. The molecule has 3 aromatic rings. The van der Waals surface area contributed by atoms with E-state index in [2.05, 4.69) is 65.2 Å². The van der Waals surface area contributed by atoms with Crippen molar-refractivity contribution < 1.29 is 15.1 Å². The van der Waals surface area contributed by atoms with Crippen molar-refractivity contribution in [1.82, 2.24) is 14.9 Å². The van der Waals surface area contributed by atoms with Gasteiger partial charge in [0, 0.05) is 49.7 Å². The number of hydroxylamine groups is 1. The number of aliphatic hydroxyl groups is 1. The van der Waals surface area contributed by atoms with Crippen molar-refractivity contribution in [1.29, 1.82) is 0 Å². The second-order valence-corrected chi connectivity index (χ2v) is 8.94.